The molecule has 4 heteroatoms. The Morgan fingerprint density at radius 3 is 2.71 bits per heavy atom. The van der Waals surface area contributed by atoms with Crippen LogP contribution in [0.3, 0.4) is 0 Å². The van der Waals surface area contributed by atoms with Gasteiger partial charge in [-0.25, -0.2) is 4.39 Å². The highest BCUT2D eigenvalue weighted by molar-refractivity contribution is 6.31. The van der Waals surface area contributed by atoms with Crippen LogP contribution in [0.15, 0.2) is 34.9 Å². The number of hydrogen-bond acceptors (Lipinski definition) is 2. The molecule has 0 fully saturated rings. The van der Waals surface area contributed by atoms with E-state index >= 15 is 0 Å². The van der Waals surface area contributed by atoms with Crippen molar-refractivity contribution in [1.82, 2.24) is 5.32 Å². The van der Waals surface area contributed by atoms with Gasteiger partial charge in [0, 0.05) is 10.6 Å². The zero-order chi connectivity index (χ0) is 12.4. The maximum absolute atomic E-state index is 13.3. The van der Waals surface area contributed by atoms with Crippen LogP contribution >= 0.6 is 11.6 Å². The van der Waals surface area contributed by atoms with E-state index in [0.717, 1.165) is 11.3 Å². The van der Waals surface area contributed by atoms with Gasteiger partial charge in [0.15, 0.2) is 0 Å². The molecule has 90 valence electrons. The zero-order valence-corrected chi connectivity index (χ0v) is 10.4. The van der Waals surface area contributed by atoms with Gasteiger partial charge in [-0.05, 0) is 43.8 Å². The molecule has 2 rings (SSSR count). The lowest BCUT2D eigenvalue weighted by Gasteiger charge is -2.16. The lowest BCUT2D eigenvalue weighted by atomic mass is 10.0. The molecule has 1 unspecified atom stereocenters. The first-order valence-electron chi connectivity index (χ1n) is 5.29. The van der Waals surface area contributed by atoms with Crippen LogP contribution < -0.4 is 5.32 Å². The molecule has 1 heterocycles. The van der Waals surface area contributed by atoms with E-state index in [2.05, 4.69) is 5.32 Å². The van der Waals surface area contributed by atoms with E-state index in [9.17, 15) is 4.39 Å². The Morgan fingerprint density at radius 1 is 1.35 bits per heavy atom. The monoisotopic (exact) mass is 253 g/mol. The average Bonchev–Trinajstić information content (AvgIpc) is 2.71. The van der Waals surface area contributed by atoms with Crippen LogP contribution in [-0.2, 0) is 0 Å². The standard InChI is InChI=1S/C13H13ClFNO/c1-8-5-9(7-17-8)13(16-2)11-6-10(15)3-4-12(11)14/h3-7,13,16H,1-2H3. The molecule has 0 aliphatic rings. The van der Waals surface area contributed by atoms with Crippen molar-refractivity contribution >= 4 is 11.6 Å². The van der Waals surface area contributed by atoms with Crippen LogP contribution in [0.2, 0.25) is 5.02 Å². The number of halogens is 2. The van der Waals surface area contributed by atoms with E-state index in [-0.39, 0.29) is 11.9 Å². The second-order valence-electron chi connectivity index (χ2n) is 3.88. The summed E-state index contributed by atoms with van der Waals surface area (Å²) in [6.07, 6.45) is 1.65. The van der Waals surface area contributed by atoms with E-state index in [0.29, 0.717) is 10.6 Å². The van der Waals surface area contributed by atoms with Crippen molar-refractivity contribution in [2.75, 3.05) is 7.05 Å². The molecule has 0 radical (unpaired) electrons. The molecule has 0 aliphatic carbocycles. The van der Waals surface area contributed by atoms with E-state index in [4.69, 9.17) is 16.0 Å². The topological polar surface area (TPSA) is 25.2 Å². The fourth-order valence-electron chi connectivity index (χ4n) is 1.85. The molecule has 1 aromatic heterocycles. The van der Waals surface area contributed by atoms with Gasteiger partial charge in [-0.15, -0.1) is 0 Å². The first kappa shape index (κ1) is 12.1. The van der Waals surface area contributed by atoms with Crippen LogP contribution in [-0.4, -0.2) is 7.05 Å². The number of nitrogens with one attached hydrogen (secondary N) is 1. The SMILES string of the molecule is CNC(c1coc(C)c1)c1cc(F)ccc1Cl. The highest BCUT2D eigenvalue weighted by Gasteiger charge is 2.17. The molecule has 17 heavy (non-hydrogen) atoms. The van der Waals surface area contributed by atoms with Crippen molar-refractivity contribution in [2.24, 2.45) is 0 Å². The van der Waals surface area contributed by atoms with E-state index < -0.39 is 0 Å². The molecule has 1 aromatic carbocycles. The third-order valence-corrected chi connectivity index (χ3v) is 2.99. The van der Waals surface area contributed by atoms with Gasteiger partial charge < -0.3 is 9.73 Å². The largest absolute Gasteiger partial charge is 0.469 e. The molecule has 0 saturated heterocycles. The number of furan rings is 1. The first-order chi connectivity index (χ1) is 8.11. The van der Waals surface area contributed by atoms with Crippen LogP contribution in [0.1, 0.15) is 22.9 Å². The molecule has 2 aromatic rings. The lowest BCUT2D eigenvalue weighted by Crippen LogP contribution is -2.17. The third kappa shape index (κ3) is 2.51. The van der Waals surface area contributed by atoms with Gasteiger partial charge in [0.1, 0.15) is 11.6 Å². The first-order valence-corrected chi connectivity index (χ1v) is 5.67. The van der Waals surface area contributed by atoms with Crippen molar-refractivity contribution in [1.29, 1.82) is 0 Å². The predicted molar refractivity (Wildman–Crippen MR) is 65.8 cm³/mol. The van der Waals surface area contributed by atoms with Crippen LogP contribution in [0, 0.1) is 12.7 Å². The average molecular weight is 254 g/mol. The fourth-order valence-corrected chi connectivity index (χ4v) is 2.08. The molecular formula is C13H13ClFNO. The minimum Gasteiger partial charge on any atom is -0.469 e. The second kappa shape index (κ2) is 4.90. The van der Waals surface area contributed by atoms with Crippen molar-refractivity contribution in [2.45, 2.75) is 13.0 Å². The number of aryl methyl sites for hydroxylation is 1. The number of rotatable bonds is 3. The summed E-state index contributed by atoms with van der Waals surface area (Å²) in [7, 11) is 1.80. The molecule has 2 nitrogen and oxygen atoms in total. The van der Waals surface area contributed by atoms with Crippen molar-refractivity contribution in [3.63, 3.8) is 0 Å². The summed E-state index contributed by atoms with van der Waals surface area (Å²) in [5.41, 5.74) is 1.63. The molecule has 1 atom stereocenters. The molecule has 0 spiro atoms. The Labute approximate surface area is 104 Å². The van der Waals surface area contributed by atoms with Gasteiger partial charge in [0.2, 0.25) is 0 Å². The summed E-state index contributed by atoms with van der Waals surface area (Å²) < 4.78 is 18.5. The highest BCUT2D eigenvalue weighted by Crippen LogP contribution is 2.29. The predicted octanol–water partition coefficient (Wildman–Crippen LogP) is 3.69. The Balaban J connectivity index is 2.45. The molecule has 0 bridgehead atoms. The van der Waals surface area contributed by atoms with Crippen molar-refractivity contribution in [3.05, 3.63) is 58.3 Å². The van der Waals surface area contributed by atoms with Gasteiger partial charge in [-0.1, -0.05) is 11.6 Å². The summed E-state index contributed by atoms with van der Waals surface area (Å²) in [4.78, 5) is 0. The minimum atomic E-state index is -0.301. The lowest BCUT2D eigenvalue weighted by molar-refractivity contribution is 0.527. The molecular weight excluding hydrogens is 241 g/mol. The number of benzene rings is 1. The van der Waals surface area contributed by atoms with E-state index in [1.807, 2.05) is 13.0 Å². The normalized spacial score (nSPS) is 12.7. The van der Waals surface area contributed by atoms with Crippen LogP contribution in [0.5, 0.6) is 0 Å². The van der Waals surface area contributed by atoms with Gasteiger partial charge in [-0.3, -0.25) is 0 Å². The third-order valence-electron chi connectivity index (χ3n) is 2.64. The Hall–Kier alpha value is -1.32. The molecule has 0 amide bonds. The Kier molecular flexibility index (Phi) is 3.50. The van der Waals surface area contributed by atoms with Crippen molar-refractivity contribution in [3.8, 4) is 0 Å². The minimum absolute atomic E-state index is 0.171. The summed E-state index contributed by atoms with van der Waals surface area (Å²) in [6.45, 7) is 1.86. The quantitative estimate of drug-likeness (QED) is 0.903. The van der Waals surface area contributed by atoms with Crippen molar-refractivity contribution < 1.29 is 8.81 Å². The fraction of sp³-hybridized carbons (Fsp3) is 0.231. The second-order valence-corrected chi connectivity index (χ2v) is 4.29. The number of hydrogen-bond donors (Lipinski definition) is 1. The van der Waals surface area contributed by atoms with E-state index in [1.165, 1.54) is 12.1 Å². The van der Waals surface area contributed by atoms with E-state index in [1.54, 1.807) is 19.4 Å². The van der Waals surface area contributed by atoms with Gasteiger partial charge in [-0.2, -0.15) is 0 Å². The maximum Gasteiger partial charge on any atom is 0.123 e. The summed E-state index contributed by atoms with van der Waals surface area (Å²) in [5.74, 6) is 0.512. The summed E-state index contributed by atoms with van der Waals surface area (Å²) in [5, 5.41) is 3.64. The molecule has 0 aliphatic heterocycles. The zero-order valence-electron chi connectivity index (χ0n) is 9.63. The molecule has 0 saturated carbocycles. The van der Waals surface area contributed by atoms with Crippen LogP contribution in [0.4, 0.5) is 4.39 Å². The maximum atomic E-state index is 13.3. The Bertz CT molecular complexity index is 524. The van der Waals surface area contributed by atoms with Gasteiger partial charge >= 0.3 is 0 Å². The van der Waals surface area contributed by atoms with Gasteiger partial charge in [0.25, 0.3) is 0 Å². The van der Waals surface area contributed by atoms with Crippen LogP contribution in [0.25, 0.3) is 0 Å². The summed E-state index contributed by atoms with van der Waals surface area (Å²) >= 11 is 6.09. The highest BCUT2D eigenvalue weighted by atomic mass is 35.5. The summed E-state index contributed by atoms with van der Waals surface area (Å²) in [6, 6.07) is 6.08. The smallest absolute Gasteiger partial charge is 0.123 e. The Morgan fingerprint density at radius 2 is 2.12 bits per heavy atom. The molecule has 1 N–H and O–H groups in total. The van der Waals surface area contributed by atoms with Gasteiger partial charge in [0.05, 0.1) is 12.3 Å².